The highest BCUT2D eigenvalue weighted by molar-refractivity contribution is 7.89. The van der Waals surface area contributed by atoms with Gasteiger partial charge in [0.2, 0.25) is 10.0 Å². The summed E-state index contributed by atoms with van der Waals surface area (Å²) < 4.78 is 33.3. The molecule has 1 unspecified atom stereocenters. The van der Waals surface area contributed by atoms with Crippen LogP contribution in [0.25, 0.3) is 10.8 Å². The van der Waals surface area contributed by atoms with E-state index in [1.54, 1.807) is 31.4 Å². The van der Waals surface area contributed by atoms with Crippen LogP contribution in [0.15, 0.2) is 65.6 Å². The molecule has 3 aromatic rings. The van der Waals surface area contributed by atoms with Crippen LogP contribution in [0.5, 0.6) is 5.75 Å². The molecular formula is C27H32N2O5S. The van der Waals surface area contributed by atoms with E-state index in [9.17, 15) is 18.3 Å². The van der Waals surface area contributed by atoms with Crippen molar-refractivity contribution in [1.82, 2.24) is 4.72 Å². The minimum absolute atomic E-state index is 0.0467. The lowest BCUT2D eigenvalue weighted by molar-refractivity contribution is -0.139. The van der Waals surface area contributed by atoms with E-state index >= 15 is 0 Å². The normalized spacial score (nSPS) is 17.1. The van der Waals surface area contributed by atoms with Crippen LogP contribution in [-0.2, 0) is 14.8 Å². The van der Waals surface area contributed by atoms with Crippen molar-refractivity contribution in [3.8, 4) is 5.75 Å². The second-order valence-corrected chi connectivity index (χ2v) is 11.2. The SMILES string of the molecule is COc1ccc2cc(C3CCCN3c3ccc(S(=O)(=O)N[C@H](CC(C)C)C(=O)O)cc3)ccc2c1. The van der Waals surface area contributed by atoms with Gasteiger partial charge in [-0.1, -0.05) is 32.0 Å². The number of ether oxygens (including phenoxy) is 1. The number of methoxy groups -OCH3 is 1. The van der Waals surface area contributed by atoms with Gasteiger partial charge in [0.15, 0.2) is 0 Å². The van der Waals surface area contributed by atoms with Gasteiger partial charge in [0.1, 0.15) is 11.8 Å². The molecule has 0 aromatic heterocycles. The quantitative estimate of drug-likeness (QED) is 0.434. The summed E-state index contributed by atoms with van der Waals surface area (Å²) in [6.45, 7) is 4.60. The van der Waals surface area contributed by atoms with Gasteiger partial charge in [0.25, 0.3) is 0 Å². The lowest BCUT2D eigenvalue weighted by Gasteiger charge is -2.28. The van der Waals surface area contributed by atoms with Crippen molar-refractivity contribution in [2.24, 2.45) is 5.92 Å². The van der Waals surface area contributed by atoms with Crippen LogP contribution in [0.1, 0.15) is 44.7 Å². The van der Waals surface area contributed by atoms with Crippen molar-refractivity contribution in [2.45, 2.75) is 50.1 Å². The fraction of sp³-hybridized carbons (Fsp3) is 0.370. The molecule has 0 amide bonds. The number of nitrogens with zero attached hydrogens (tertiary/aromatic N) is 1. The fourth-order valence-corrected chi connectivity index (χ4v) is 5.94. The molecule has 186 valence electrons. The molecule has 8 heteroatoms. The lowest BCUT2D eigenvalue weighted by Crippen LogP contribution is -2.41. The molecule has 4 rings (SSSR count). The van der Waals surface area contributed by atoms with Crippen LogP contribution in [0.2, 0.25) is 0 Å². The van der Waals surface area contributed by atoms with E-state index in [-0.39, 0.29) is 23.3 Å². The minimum Gasteiger partial charge on any atom is -0.497 e. The van der Waals surface area contributed by atoms with Gasteiger partial charge < -0.3 is 14.7 Å². The second-order valence-electron chi connectivity index (χ2n) is 9.46. The number of hydrogen-bond acceptors (Lipinski definition) is 5. The highest BCUT2D eigenvalue weighted by Gasteiger charge is 2.28. The van der Waals surface area contributed by atoms with E-state index in [4.69, 9.17) is 4.74 Å². The van der Waals surface area contributed by atoms with E-state index in [0.717, 1.165) is 41.6 Å². The summed E-state index contributed by atoms with van der Waals surface area (Å²) in [5, 5.41) is 11.7. The van der Waals surface area contributed by atoms with Crippen molar-refractivity contribution < 1.29 is 23.1 Å². The third-order valence-electron chi connectivity index (χ3n) is 6.49. The van der Waals surface area contributed by atoms with Gasteiger partial charge in [-0.25, -0.2) is 8.42 Å². The summed E-state index contributed by atoms with van der Waals surface area (Å²) in [6, 6.07) is 18.3. The molecule has 2 N–H and O–H groups in total. The molecule has 2 atom stereocenters. The second kappa shape index (κ2) is 10.3. The molecular weight excluding hydrogens is 464 g/mol. The number of carbonyl (C=O) groups is 1. The molecule has 3 aromatic carbocycles. The first kappa shape index (κ1) is 25.0. The first-order chi connectivity index (χ1) is 16.7. The lowest BCUT2D eigenvalue weighted by atomic mass is 9.99. The Kier molecular flexibility index (Phi) is 7.33. The predicted molar refractivity (Wildman–Crippen MR) is 137 cm³/mol. The van der Waals surface area contributed by atoms with E-state index in [0.29, 0.717) is 0 Å². The van der Waals surface area contributed by atoms with Gasteiger partial charge in [-0.2, -0.15) is 4.72 Å². The molecule has 0 aliphatic carbocycles. The number of carboxylic acid groups (broad SMARTS) is 1. The standard InChI is InChI=1S/C27H32N2O5S/c1-18(2)15-25(27(30)31)28-35(32,33)24-12-9-22(10-13-24)29-14-4-5-26(29)21-7-6-20-17-23(34-3)11-8-19(20)16-21/h6-13,16-18,25-26,28H,4-5,14-15H2,1-3H3,(H,30,31)/t25-,26?/m1/s1. The summed E-state index contributed by atoms with van der Waals surface area (Å²) in [5.41, 5.74) is 2.16. The third kappa shape index (κ3) is 5.60. The van der Waals surface area contributed by atoms with Gasteiger partial charge in [-0.05, 0) is 84.0 Å². The molecule has 1 aliphatic rings. The number of rotatable bonds is 9. The fourth-order valence-electron chi connectivity index (χ4n) is 4.74. The highest BCUT2D eigenvalue weighted by Crippen LogP contribution is 2.37. The van der Waals surface area contributed by atoms with Gasteiger partial charge in [-0.3, -0.25) is 4.79 Å². The zero-order chi connectivity index (χ0) is 25.2. The average Bonchev–Trinajstić information content (AvgIpc) is 3.32. The number of benzene rings is 3. The Morgan fingerprint density at radius 1 is 1.09 bits per heavy atom. The molecule has 1 heterocycles. The molecule has 7 nitrogen and oxygen atoms in total. The molecule has 35 heavy (non-hydrogen) atoms. The van der Waals surface area contributed by atoms with E-state index < -0.39 is 22.0 Å². The zero-order valence-electron chi connectivity index (χ0n) is 20.3. The van der Waals surface area contributed by atoms with Crippen LogP contribution >= 0.6 is 0 Å². The number of hydrogen-bond donors (Lipinski definition) is 2. The van der Waals surface area contributed by atoms with Crippen LogP contribution in [0, 0.1) is 5.92 Å². The first-order valence-corrected chi connectivity index (χ1v) is 13.4. The first-order valence-electron chi connectivity index (χ1n) is 11.9. The van der Waals surface area contributed by atoms with Crippen LogP contribution < -0.4 is 14.4 Å². The van der Waals surface area contributed by atoms with Gasteiger partial charge in [-0.15, -0.1) is 0 Å². The number of sulfonamides is 1. The monoisotopic (exact) mass is 496 g/mol. The van der Waals surface area contributed by atoms with Crippen molar-refractivity contribution in [3.63, 3.8) is 0 Å². The maximum atomic E-state index is 12.8. The number of aliphatic carboxylic acids is 1. The van der Waals surface area contributed by atoms with Gasteiger partial charge >= 0.3 is 5.97 Å². The van der Waals surface area contributed by atoms with Crippen molar-refractivity contribution in [2.75, 3.05) is 18.6 Å². The highest BCUT2D eigenvalue weighted by atomic mass is 32.2. The van der Waals surface area contributed by atoms with Crippen LogP contribution in [0.4, 0.5) is 5.69 Å². The predicted octanol–water partition coefficient (Wildman–Crippen LogP) is 4.97. The summed E-state index contributed by atoms with van der Waals surface area (Å²) in [6.07, 6.45) is 2.28. The molecule has 0 spiro atoms. The molecule has 0 saturated carbocycles. The number of carboxylic acids is 1. The molecule has 1 saturated heterocycles. The summed E-state index contributed by atoms with van der Waals surface area (Å²) in [4.78, 5) is 13.9. The Balaban J connectivity index is 1.54. The number of fused-ring (bicyclic) bond motifs is 1. The van der Waals surface area contributed by atoms with Gasteiger partial charge in [0.05, 0.1) is 18.0 Å². The number of nitrogens with one attached hydrogen (secondary N) is 1. The largest absolute Gasteiger partial charge is 0.497 e. The minimum atomic E-state index is -3.95. The molecule has 0 bridgehead atoms. The zero-order valence-corrected chi connectivity index (χ0v) is 21.1. The Morgan fingerprint density at radius 3 is 2.43 bits per heavy atom. The van der Waals surface area contributed by atoms with Gasteiger partial charge in [0, 0.05) is 12.2 Å². The Bertz CT molecular complexity index is 1300. The maximum Gasteiger partial charge on any atom is 0.321 e. The molecule has 1 fully saturated rings. The Morgan fingerprint density at radius 2 is 1.77 bits per heavy atom. The number of anilines is 1. The van der Waals surface area contributed by atoms with Crippen LogP contribution in [0.3, 0.4) is 0 Å². The maximum absolute atomic E-state index is 12.8. The summed E-state index contributed by atoms with van der Waals surface area (Å²) >= 11 is 0. The summed E-state index contributed by atoms with van der Waals surface area (Å²) in [5.74, 6) is -0.297. The summed E-state index contributed by atoms with van der Waals surface area (Å²) in [7, 11) is -2.28. The van der Waals surface area contributed by atoms with Crippen molar-refractivity contribution in [3.05, 3.63) is 66.2 Å². The smallest absolute Gasteiger partial charge is 0.321 e. The molecule has 1 aliphatic heterocycles. The topological polar surface area (TPSA) is 95.9 Å². The van der Waals surface area contributed by atoms with Crippen molar-refractivity contribution in [1.29, 1.82) is 0 Å². The van der Waals surface area contributed by atoms with E-state index in [2.05, 4.69) is 33.9 Å². The van der Waals surface area contributed by atoms with E-state index in [1.165, 1.54) is 5.56 Å². The average molecular weight is 497 g/mol. The van der Waals surface area contributed by atoms with E-state index in [1.807, 2.05) is 26.0 Å². The van der Waals surface area contributed by atoms with Crippen LogP contribution in [-0.4, -0.2) is 39.2 Å². The Hall–Kier alpha value is -3.10. The third-order valence-corrected chi connectivity index (χ3v) is 7.98. The van der Waals surface area contributed by atoms with Crippen molar-refractivity contribution >= 4 is 32.5 Å². The Labute approximate surface area is 206 Å². The molecule has 0 radical (unpaired) electrons.